The topological polar surface area (TPSA) is 18.5 Å². The van der Waals surface area contributed by atoms with Crippen molar-refractivity contribution in [1.29, 1.82) is 0 Å². The summed E-state index contributed by atoms with van der Waals surface area (Å²) in [7, 11) is 1.74. The Morgan fingerprint density at radius 3 is 2.50 bits per heavy atom. The van der Waals surface area contributed by atoms with E-state index in [4.69, 9.17) is 9.47 Å². The lowest BCUT2D eigenvalue weighted by Gasteiger charge is -2.08. The fourth-order valence-electron chi connectivity index (χ4n) is 0.923. The molecule has 0 amide bonds. The number of unbranched alkanes of at least 4 members (excludes halogenated alkanes) is 2. The minimum atomic E-state index is 0.330. The van der Waals surface area contributed by atoms with Gasteiger partial charge in [-0.3, -0.25) is 0 Å². The Bertz CT molecular complexity index is 83.9. The highest BCUT2D eigenvalue weighted by Crippen LogP contribution is 1.98. The lowest BCUT2D eigenvalue weighted by molar-refractivity contribution is 0.0605. The molecule has 0 bridgehead atoms. The van der Waals surface area contributed by atoms with Crippen molar-refractivity contribution >= 4 is 0 Å². The Morgan fingerprint density at radius 1 is 1.17 bits per heavy atom. The van der Waals surface area contributed by atoms with Crippen LogP contribution in [0.4, 0.5) is 0 Å². The van der Waals surface area contributed by atoms with Crippen molar-refractivity contribution in [2.24, 2.45) is 0 Å². The van der Waals surface area contributed by atoms with Gasteiger partial charge >= 0.3 is 0 Å². The number of hydrogen-bond acceptors (Lipinski definition) is 2. The van der Waals surface area contributed by atoms with Gasteiger partial charge in [0.15, 0.2) is 0 Å². The van der Waals surface area contributed by atoms with Crippen LogP contribution in [0.2, 0.25) is 0 Å². The van der Waals surface area contributed by atoms with E-state index >= 15 is 0 Å². The molecule has 2 heteroatoms. The predicted molar refractivity (Wildman–Crippen MR) is 51.4 cm³/mol. The van der Waals surface area contributed by atoms with Crippen molar-refractivity contribution in [1.82, 2.24) is 0 Å². The van der Waals surface area contributed by atoms with E-state index in [0.29, 0.717) is 6.10 Å². The Kier molecular flexibility index (Phi) is 8.95. The van der Waals surface area contributed by atoms with Crippen molar-refractivity contribution in [3.05, 3.63) is 0 Å². The zero-order chi connectivity index (χ0) is 9.23. The zero-order valence-corrected chi connectivity index (χ0v) is 8.64. The lowest BCUT2D eigenvalue weighted by atomic mass is 10.3. The van der Waals surface area contributed by atoms with Crippen LogP contribution in [0, 0.1) is 0 Å². The average molecular weight is 174 g/mol. The first-order valence-electron chi connectivity index (χ1n) is 4.91. The van der Waals surface area contributed by atoms with Gasteiger partial charge in [0.2, 0.25) is 0 Å². The second-order valence-electron chi connectivity index (χ2n) is 3.15. The van der Waals surface area contributed by atoms with Gasteiger partial charge in [-0.15, -0.1) is 0 Å². The highest BCUT2D eigenvalue weighted by atomic mass is 16.5. The molecule has 0 rings (SSSR count). The standard InChI is InChI=1S/C10H22O2/c1-4-5-6-8-12-9-7-10(2)11-3/h10H,4-9H2,1-3H3. The van der Waals surface area contributed by atoms with Crippen molar-refractivity contribution in [2.75, 3.05) is 20.3 Å². The smallest absolute Gasteiger partial charge is 0.0565 e. The number of hydrogen-bond donors (Lipinski definition) is 0. The Hall–Kier alpha value is -0.0800. The maximum absolute atomic E-state index is 5.43. The lowest BCUT2D eigenvalue weighted by Crippen LogP contribution is -2.09. The molecule has 0 aliphatic carbocycles. The quantitative estimate of drug-likeness (QED) is 0.527. The molecule has 0 saturated carbocycles. The van der Waals surface area contributed by atoms with Crippen LogP contribution in [0.15, 0.2) is 0 Å². The molecule has 0 heterocycles. The first kappa shape index (κ1) is 11.9. The van der Waals surface area contributed by atoms with Crippen molar-refractivity contribution in [3.63, 3.8) is 0 Å². The van der Waals surface area contributed by atoms with Crippen LogP contribution in [0.1, 0.15) is 39.5 Å². The summed E-state index contributed by atoms with van der Waals surface area (Å²) in [6.45, 7) is 6.01. The Morgan fingerprint density at radius 2 is 1.92 bits per heavy atom. The van der Waals surface area contributed by atoms with Crippen LogP contribution < -0.4 is 0 Å². The first-order valence-corrected chi connectivity index (χ1v) is 4.91. The number of rotatable bonds is 8. The van der Waals surface area contributed by atoms with E-state index in [1.807, 2.05) is 0 Å². The molecule has 74 valence electrons. The summed E-state index contributed by atoms with van der Waals surface area (Å²) in [4.78, 5) is 0. The van der Waals surface area contributed by atoms with Crippen molar-refractivity contribution < 1.29 is 9.47 Å². The molecule has 0 aromatic heterocycles. The predicted octanol–water partition coefficient (Wildman–Crippen LogP) is 2.62. The Balaban J connectivity index is 2.90. The van der Waals surface area contributed by atoms with E-state index in [-0.39, 0.29) is 0 Å². The van der Waals surface area contributed by atoms with Gasteiger partial charge in [0.05, 0.1) is 6.10 Å². The fourth-order valence-corrected chi connectivity index (χ4v) is 0.923. The molecule has 2 nitrogen and oxygen atoms in total. The number of ether oxygens (including phenoxy) is 2. The second kappa shape index (κ2) is 9.01. The van der Waals surface area contributed by atoms with E-state index in [0.717, 1.165) is 19.6 Å². The molecule has 0 fully saturated rings. The summed E-state index contributed by atoms with van der Waals surface area (Å²) in [6, 6.07) is 0. The molecule has 0 aliphatic rings. The third-order valence-corrected chi connectivity index (χ3v) is 1.96. The summed E-state index contributed by atoms with van der Waals surface area (Å²) >= 11 is 0. The van der Waals surface area contributed by atoms with Crippen LogP contribution in [-0.2, 0) is 9.47 Å². The van der Waals surface area contributed by atoms with Gasteiger partial charge in [0, 0.05) is 20.3 Å². The first-order chi connectivity index (χ1) is 5.81. The van der Waals surface area contributed by atoms with Crippen LogP contribution in [0.3, 0.4) is 0 Å². The number of methoxy groups -OCH3 is 1. The molecule has 1 unspecified atom stereocenters. The van der Waals surface area contributed by atoms with Gasteiger partial charge in [0.25, 0.3) is 0 Å². The van der Waals surface area contributed by atoms with Crippen LogP contribution in [0.25, 0.3) is 0 Å². The molecule has 0 N–H and O–H groups in total. The maximum Gasteiger partial charge on any atom is 0.0565 e. The molecular weight excluding hydrogens is 152 g/mol. The van der Waals surface area contributed by atoms with E-state index in [1.54, 1.807) is 7.11 Å². The van der Waals surface area contributed by atoms with E-state index in [9.17, 15) is 0 Å². The zero-order valence-electron chi connectivity index (χ0n) is 8.64. The largest absolute Gasteiger partial charge is 0.382 e. The minimum Gasteiger partial charge on any atom is -0.382 e. The average Bonchev–Trinajstić information content (AvgIpc) is 2.10. The van der Waals surface area contributed by atoms with Gasteiger partial charge in [-0.25, -0.2) is 0 Å². The molecule has 12 heavy (non-hydrogen) atoms. The molecule has 0 radical (unpaired) electrons. The molecule has 0 spiro atoms. The fraction of sp³-hybridized carbons (Fsp3) is 1.00. The third kappa shape index (κ3) is 8.02. The van der Waals surface area contributed by atoms with Gasteiger partial charge in [-0.2, -0.15) is 0 Å². The van der Waals surface area contributed by atoms with E-state index in [2.05, 4.69) is 13.8 Å². The highest BCUT2D eigenvalue weighted by molar-refractivity contribution is 4.47. The summed E-state index contributed by atoms with van der Waals surface area (Å²) in [5, 5.41) is 0. The second-order valence-corrected chi connectivity index (χ2v) is 3.15. The van der Waals surface area contributed by atoms with Gasteiger partial charge in [0.1, 0.15) is 0 Å². The Labute approximate surface area is 76.3 Å². The molecule has 0 saturated heterocycles. The van der Waals surface area contributed by atoms with Crippen molar-refractivity contribution in [3.8, 4) is 0 Å². The van der Waals surface area contributed by atoms with Crippen molar-refractivity contribution in [2.45, 2.75) is 45.6 Å². The molecule has 0 aromatic rings. The van der Waals surface area contributed by atoms with Gasteiger partial charge < -0.3 is 9.47 Å². The molecular formula is C10H22O2. The SMILES string of the molecule is CCCCCOCCC(C)OC. The summed E-state index contributed by atoms with van der Waals surface area (Å²) in [6.07, 6.45) is 5.06. The van der Waals surface area contributed by atoms with Crippen LogP contribution in [-0.4, -0.2) is 26.4 Å². The summed E-state index contributed by atoms with van der Waals surface area (Å²) in [5.41, 5.74) is 0. The third-order valence-electron chi connectivity index (χ3n) is 1.96. The highest BCUT2D eigenvalue weighted by Gasteiger charge is 1.97. The van der Waals surface area contributed by atoms with Gasteiger partial charge in [-0.05, 0) is 19.8 Å². The van der Waals surface area contributed by atoms with E-state index in [1.165, 1.54) is 19.3 Å². The summed E-state index contributed by atoms with van der Waals surface area (Å²) < 4.78 is 10.5. The maximum atomic E-state index is 5.43. The molecule has 0 aliphatic heterocycles. The monoisotopic (exact) mass is 174 g/mol. The van der Waals surface area contributed by atoms with E-state index < -0.39 is 0 Å². The van der Waals surface area contributed by atoms with Gasteiger partial charge in [-0.1, -0.05) is 19.8 Å². The van der Waals surface area contributed by atoms with Crippen LogP contribution in [0.5, 0.6) is 0 Å². The normalized spacial score (nSPS) is 13.2. The minimum absolute atomic E-state index is 0.330. The summed E-state index contributed by atoms with van der Waals surface area (Å²) in [5.74, 6) is 0. The molecule has 0 aromatic carbocycles. The molecule has 1 atom stereocenters. The van der Waals surface area contributed by atoms with Crippen LogP contribution >= 0.6 is 0 Å².